The normalized spacial score (nSPS) is 27.7. The van der Waals surface area contributed by atoms with Gasteiger partial charge in [0.15, 0.2) is 0 Å². The molecule has 1 fully saturated rings. The third-order valence-electron chi connectivity index (χ3n) is 2.73. The molecular weight excluding hydrogens is 148 g/mol. The number of amidine groups is 1. The fraction of sp³-hybridized carbons (Fsp3) is 0.900. The quantitative estimate of drug-likeness (QED) is 0.472. The van der Waals surface area contributed by atoms with Crippen molar-refractivity contribution in [2.75, 3.05) is 6.54 Å². The van der Waals surface area contributed by atoms with Crippen molar-refractivity contribution in [1.82, 2.24) is 4.90 Å². The van der Waals surface area contributed by atoms with Gasteiger partial charge in [-0.2, -0.15) is 0 Å². The SMILES string of the molecule is CCC(=N)N1C[C@@H](C)CC1(C)C. The van der Waals surface area contributed by atoms with Gasteiger partial charge in [-0.1, -0.05) is 13.8 Å². The largest absolute Gasteiger partial charge is 0.355 e. The zero-order valence-electron chi connectivity index (χ0n) is 8.65. The Morgan fingerprint density at radius 2 is 2.17 bits per heavy atom. The molecule has 2 heteroatoms. The van der Waals surface area contributed by atoms with Crippen LogP contribution in [0.4, 0.5) is 0 Å². The predicted molar refractivity (Wildman–Crippen MR) is 52.6 cm³/mol. The molecule has 0 aromatic rings. The van der Waals surface area contributed by atoms with Crippen molar-refractivity contribution in [3.8, 4) is 0 Å². The number of likely N-dealkylation sites (tertiary alicyclic amines) is 1. The summed E-state index contributed by atoms with van der Waals surface area (Å²) in [5.41, 5.74) is 0.215. The molecule has 1 atom stereocenters. The molecule has 0 spiro atoms. The van der Waals surface area contributed by atoms with Crippen LogP contribution in [0.2, 0.25) is 0 Å². The molecule has 0 bridgehead atoms. The highest BCUT2D eigenvalue weighted by Gasteiger charge is 2.36. The maximum absolute atomic E-state index is 7.81. The van der Waals surface area contributed by atoms with Crippen molar-refractivity contribution in [3.05, 3.63) is 0 Å². The van der Waals surface area contributed by atoms with Crippen LogP contribution in [0.3, 0.4) is 0 Å². The summed E-state index contributed by atoms with van der Waals surface area (Å²) in [7, 11) is 0. The molecule has 12 heavy (non-hydrogen) atoms. The first kappa shape index (κ1) is 9.56. The monoisotopic (exact) mass is 168 g/mol. The van der Waals surface area contributed by atoms with Crippen LogP contribution in [-0.4, -0.2) is 22.8 Å². The second kappa shape index (κ2) is 3.08. The zero-order chi connectivity index (χ0) is 9.35. The van der Waals surface area contributed by atoms with E-state index in [2.05, 4.69) is 32.6 Å². The molecule has 1 saturated heterocycles. The van der Waals surface area contributed by atoms with Crippen LogP contribution < -0.4 is 0 Å². The molecule has 1 rings (SSSR count). The van der Waals surface area contributed by atoms with Crippen molar-refractivity contribution in [1.29, 1.82) is 5.41 Å². The van der Waals surface area contributed by atoms with Gasteiger partial charge in [-0.15, -0.1) is 0 Å². The Labute approximate surface area is 75.5 Å². The van der Waals surface area contributed by atoms with Gasteiger partial charge in [0.25, 0.3) is 0 Å². The predicted octanol–water partition coefficient (Wildman–Crippen LogP) is 2.49. The summed E-state index contributed by atoms with van der Waals surface area (Å²) >= 11 is 0. The van der Waals surface area contributed by atoms with Gasteiger partial charge in [-0.05, 0) is 26.2 Å². The highest BCUT2D eigenvalue weighted by molar-refractivity contribution is 5.79. The number of hydrogen-bond donors (Lipinski definition) is 1. The van der Waals surface area contributed by atoms with Gasteiger partial charge in [-0.25, -0.2) is 0 Å². The number of nitrogens with one attached hydrogen (secondary N) is 1. The lowest BCUT2D eigenvalue weighted by molar-refractivity contribution is 0.276. The minimum atomic E-state index is 0.215. The molecule has 0 aromatic carbocycles. The van der Waals surface area contributed by atoms with Gasteiger partial charge in [0, 0.05) is 18.5 Å². The number of rotatable bonds is 1. The van der Waals surface area contributed by atoms with Crippen molar-refractivity contribution < 1.29 is 0 Å². The van der Waals surface area contributed by atoms with Gasteiger partial charge in [0.05, 0.1) is 5.84 Å². The van der Waals surface area contributed by atoms with Crippen LogP contribution in [0.25, 0.3) is 0 Å². The second-order valence-electron chi connectivity index (χ2n) is 4.53. The summed E-state index contributed by atoms with van der Waals surface area (Å²) in [6, 6.07) is 0. The third kappa shape index (κ3) is 1.62. The van der Waals surface area contributed by atoms with Gasteiger partial charge in [0.2, 0.25) is 0 Å². The lowest BCUT2D eigenvalue weighted by Crippen LogP contribution is -2.41. The van der Waals surface area contributed by atoms with Crippen LogP contribution in [-0.2, 0) is 0 Å². The lowest BCUT2D eigenvalue weighted by Gasteiger charge is -2.33. The number of nitrogens with zero attached hydrogens (tertiary/aromatic N) is 1. The Hall–Kier alpha value is -0.530. The van der Waals surface area contributed by atoms with Crippen LogP contribution in [0.15, 0.2) is 0 Å². The Kier molecular flexibility index (Phi) is 2.45. The van der Waals surface area contributed by atoms with E-state index in [0.717, 1.165) is 24.7 Å². The summed E-state index contributed by atoms with van der Waals surface area (Å²) in [5.74, 6) is 1.54. The maximum Gasteiger partial charge on any atom is 0.0959 e. The molecule has 0 amide bonds. The fourth-order valence-electron chi connectivity index (χ4n) is 2.25. The molecule has 70 valence electrons. The average Bonchev–Trinajstić information content (AvgIpc) is 2.23. The van der Waals surface area contributed by atoms with Crippen LogP contribution in [0.5, 0.6) is 0 Å². The highest BCUT2D eigenvalue weighted by atomic mass is 15.2. The Morgan fingerprint density at radius 3 is 2.50 bits per heavy atom. The molecular formula is C10H20N2. The lowest BCUT2D eigenvalue weighted by atomic mass is 9.97. The number of hydrogen-bond acceptors (Lipinski definition) is 1. The standard InChI is InChI=1S/C10H20N2/c1-5-9(11)12-7-8(2)6-10(12,3)4/h8,11H,5-7H2,1-4H3/t8-/m0/s1. The molecule has 1 N–H and O–H groups in total. The Morgan fingerprint density at radius 1 is 1.58 bits per heavy atom. The average molecular weight is 168 g/mol. The van der Waals surface area contributed by atoms with E-state index >= 15 is 0 Å². The molecule has 0 unspecified atom stereocenters. The minimum Gasteiger partial charge on any atom is -0.355 e. The van der Waals surface area contributed by atoms with Crippen LogP contribution >= 0.6 is 0 Å². The first-order chi connectivity index (χ1) is 5.47. The van der Waals surface area contributed by atoms with E-state index < -0.39 is 0 Å². The molecule has 0 aliphatic carbocycles. The zero-order valence-corrected chi connectivity index (χ0v) is 8.65. The summed E-state index contributed by atoms with van der Waals surface area (Å²) < 4.78 is 0. The first-order valence-corrected chi connectivity index (χ1v) is 4.82. The topological polar surface area (TPSA) is 27.1 Å². The molecule has 1 aliphatic rings. The maximum atomic E-state index is 7.81. The van der Waals surface area contributed by atoms with Crippen LogP contribution in [0.1, 0.15) is 40.5 Å². The summed E-state index contributed by atoms with van der Waals surface area (Å²) in [6.45, 7) is 9.87. The van der Waals surface area contributed by atoms with Gasteiger partial charge >= 0.3 is 0 Å². The van der Waals surface area contributed by atoms with E-state index in [1.165, 1.54) is 6.42 Å². The Balaban J connectivity index is 2.71. The van der Waals surface area contributed by atoms with Gasteiger partial charge in [0.1, 0.15) is 0 Å². The van der Waals surface area contributed by atoms with Crippen molar-refractivity contribution in [3.63, 3.8) is 0 Å². The summed E-state index contributed by atoms with van der Waals surface area (Å²) in [5, 5.41) is 7.81. The van der Waals surface area contributed by atoms with Gasteiger partial charge in [-0.3, -0.25) is 5.41 Å². The van der Waals surface area contributed by atoms with E-state index in [1.54, 1.807) is 0 Å². The van der Waals surface area contributed by atoms with Crippen molar-refractivity contribution in [2.24, 2.45) is 5.92 Å². The minimum absolute atomic E-state index is 0.215. The van der Waals surface area contributed by atoms with Crippen molar-refractivity contribution in [2.45, 2.75) is 46.1 Å². The van der Waals surface area contributed by atoms with Crippen molar-refractivity contribution >= 4 is 5.84 Å². The molecule has 0 saturated carbocycles. The summed E-state index contributed by atoms with van der Waals surface area (Å²) in [4.78, 5) is 2.25. The summed E-state index contributed by atoms with van der Waals surface area (Å²) in [6.07, 6.45) is 2.07. The van der Waals surface area contributed by atoms with Crippen LogP contribution in [0, 0.1) is 11.3 Å². The van der Waals surface area contributed by atoms with Gasteiger partial charge < -0.3 is 4.90 Å². The van der Waals surface area contributed by atoms with E-state index in [-0.39, 0.29) is 5.54 Å². The molecule has 1 aliphatic heterocycles. The smallest absolute Gasteiger partial charge is 0.0959 e. The molecule has 1 heterocycles. The molecule has 0 radical (unpaired) electrons. The van der Waals surface area contributed by atoms with E-state index in [9.17, 15) is 0 Å². The second-order valence-corrected chi connectivity index (χ2v) is 4.53. The first-order valence-electron chi connectivity index (χ1n) is 4.82. The highest BCUT2D eigenvalue weighted by Crippen LogP contribution is 2.32. The van der Waals surface area contributed by atoms with E-state index in [1.807, 2.05) is 0 Å². The fourth-order valence-corrected chi connectivity index (χ4v) is 2.25. The van der Waals surface area contributed by atoms with E-state index in [4.69, 9.17) is 5.41 Å². The van der Waals surface area contributed by atoms with E-state index in [0.29, 0.717) is 0 Å². The molecule has 0 aromatic heterocycles. The molecule has 2 nitrogen and oxygen atoms in total. The third-order valence-corrected chi connectivity index (χ3v) is 2.73. The Bertz CT molecular complexity index is 184.